The van der Waals surface area contributed by atoms with Crippen LogP contribution in [0.5, 0.6) is 0 Å². The molecular formula is C11H13NO3S. The van der Waals surface area contributed by atoms with Crippen molar-refractivity contribution in [1.82, 2.24) is 5.32 Å². The Morgan fingerprint density at radius 1 is 1.38 bits per heavy atom. The summed E-state index contributed by atoms with van der Waals surface area (Å²) in [6.45, 7) is 0. The van der Waals surface area contributed by atoms with E-state index in [1.807, 2.05) is 0 Å². The van der Waals surface area contributed by atoms with Gasteiger partial charge in [0.2, 0.25) is 0 Å². The summed E-state index contributed by atoms with van der Waals surface area (Å²) in [5.74, 6) is -0.201. The molecule has 0 saturated heterocycles. The first kappa shape index (κ1) is 11.1. The van der Waals surface area contributed by atoms with E-state index in [4.69, 9.17) is 0 Å². The van der Waals surface area contributed by atoms with Crippen LogP contribution in [0.25, 0.3) is 0 Å². The van der Waals surface area contributed by atoms with Gasteiger partial charge >= 0.3 is 0 Å². The number of carbonyl (C=O) groups excluding carboxylic acids is 1. The lowest BCUT2D eigenvalue weighted by Gasteiger charge is -2.04. The maximum absolute atomic E-state index is 11.7. The van der Waals surface area contributed by atoms with Crippen molar-refractivity contribution in [2.75, 3.05) is 6.26 Å². The van der Waals surface area contributed by atoms with E-state index in [2.05, 4.69) is 5.32 Å². The van der Waals surface area contributed by atoms with Crippen LogP contribution in [0.1, 0.15) is 23.2 Å². The third-order valence-electron chi connectivity index (χ3n) is 2.44. The quantitative estimate of drug-likeness (QED) is 0.855. The molecule has 0 heterocycles. The van der Waals surface area contributed by atoms with Crippen molar-refractivity contribution in [1.29, 1.82) is 0 Å². The predicted molar refractivity (Wildman–Crippen MR) is 60.0 cm³/mol. The molecule has 1 fully saturated rings. The molecule has 1 aliphatic carbocycles. The zero-order valence-corrected chi connectivity index (χ0v) is 9.75. The standard InChI is InChI=1S/C11H13NO3S/c1-16(14,15)10-4-2-3-8(7-10)11(13)12-9-5-6-9/h2-4,7,9H,5-6H2,1H3,(H,12,13). The van der Waals surface area contributed by atoms with Crippen molar-refractivity contribution >= 4 is 15.7 Å². The summed E-state index contributed by atoms with van der Waals surface area (Å²) in [4.78, 5) is 11.8. The van der Waals surface area contributed by atoms with Crippen LogP contribution in [-0.2, 0) is 9.84 Å². The van der Waals surface area contributed by atoms with Gasteiger partial charge in [0.25, 0.3) is 5.91 Å². The van der Waals surface area contributed by atoms with E-state index in [9.17, 15) is 13.2 Å². The lowest BCUT2D eigenvalue weighted by molar-refractivity contribution is 0.0951. The highest BCUT2D eigenvalue weighted by molar-refractivity contribution is 7.90. The van der Waals surface area contributed by atoms with Gasteiger partial charge in [-0.3, -0.25) is 4.79 Å². The lowest BCUT2D eigenvalue weighted by Crippen LogP contribution is -2.25. The van der Waals surface area contributed by atoms with Crippen molar-refractivity contribution in [2.45, 2.75) is 23.8 Å². The molecule has 0 unspecified atom stereocenters. The summed E-state index contributed by atoms with van der Waals surface area (Å²) >= 11 is 0. The van der Waals surface area contributed by atoms with E-state index >= 15 is 0 Å². The average Bonchev–Trinajstić information content (AvgIpc) is 3.00. The molecule has 1 aromatic carbocycles. The Labute approximate surface area is 94.6 Å². The summed E-state index contributed by atoms with van der Waals surface area (Å²) in [7, 11) is -3.25. The third kappa shape index (κ3) is 2.61. The molecule has 2 rings (SSSR count). The van der Waals surface area contributed by atoms with Gasteiger partial charge < -0.3 is 5.32 Å². The molecule has 1 saturated carbocycles. The van der Waals surface area contributed by atoms with Gasteiger partial charge in [0, 0.05) is 17.9 Å². The highest BCUT2D eigenvalue weighted by Gasteiger charge is 2.24. The molecule has 1 N–H and O–H groups in total. The van der Waals surface area contributed by atoms with Gasteiger partial charge in [-0.15, -0.1) is 0 Å². The van der Waals surface area contributed by atoms with E-state index < -0.39 is 9.84 Å². The van der Waals surface area contributed by atoms with Gasteiger partial charge in [-0.05, 0) is 31.0 Å². The van der Waals surface area contributed by atoms with Crippen LogP contribution in [0.15, 0.2) is 29.2 Å². The molecule has 0 radical (unpaired) electrons. The molecule has 0 bridgehead atoms. The number of rotatable bonds is 3. The molecule has 1 aliphatic rings. The molecule has 0 atom stereocenters. The number of amides is 1. The summed E-state index contributed by atoms with van der Waals surface area (Å²) in [6.07, 6.45) is 3.15. The van der Waals surface area contributed by atoms with Crippen LogP contribution < -0.4 is 5.32 Å². The van der Waals surface area contributed by atoms with Gasteiger partial charge in [0.05, 0.1) is 4.90 Å². The Kier molecular flexibility index (Phi) is 2.71. The Balaban J connectivity index is 2.24. The van der Waals surface area contributed by atoms with Gasteiger partial charge in [-0.25, -0.2) is 8.42 Å². The van der Waals surface area contributed by atoms with Gasteiger partial charge in [0.1, 0.15) is 0 Å². The van der Waals surface area contributed by atoms with Crippen molar-refractivity contribution in [2.24, 2.45) is 0 Å². The predicted octanol–water partition coefficient (Wildman–Crippen LogP) is 0.982. The van der Waals surface area contributed by atoms with E-state index in [1.54, 1.807) is 12.1 Å². The van der Waals surface area contributed by atoms with Crippen LogP contribution in [0.3, 0.4) is 0 Å². The Bertz CT molecular complexity index is 518. The minimum absolute atomic E-state index is 0.177. The van der Waals surface area contributed by atoms with Crippen LogP contribution in [0.4, 0.5) is 0 Å². The zero-order chi connectivity index (χ0) is 11.8. The van der Waals surface area contributed by atoms with E-state index in [-0.39, 0.29) is 16.8 Å². The Hall–Kier alpha value is -1.36. The van der Waals surface area contributed by atoms with Gasteiger partial charge in [-0.1, -0.05) is 6.07 Å². The first-order valence-corrected chi connectivity index (χ1v) is 6.97. The largest absolute Gasteiger partial charge is 0.349 e. The fourth-order valence-corrected chi connectivity index (χ4v) is 2.03. The average molecular weight is 239 g/mol. The SMILES string of the molecule is CS(=O)(=O)c1cccc(C(=O)NC2CC2)c1. The van der Waals surface area contributed by atoms with E-state index in [0.29, 0.717) is 5.56 Å². The van der Waals surface area contributed by atoms with Gasteiger partial charge in [-0.2, -0.15) is 0 Å². The topological polar surface area (TPSA) is 63.2 Å². The summed E-state index contributed by atoms with van der Waals surface area (Å²) < 4.78 is 22.6. The summed E-state index contributed by atoms with van der Waals surface area (Å²) in [5.41, 5.74) is 0.398. The lowest BCUT2D eigenvalue weighted by atomic mass is 10.2. The number of nitrogens with one attached hydrogen (secondary N) is 1. The number of carbonyl (C=O) groups is 1. The fraction of sp³-hybridized carbons (Fsp3) is 0.364. The highest BCUT2D eigenvalue weighted by atomic mass is 32.2. The minimum Gasteiger partial charge on any atom is -0.349 e. The van der Waals surface area contributed by atoms with Gasteiger partial charge in [0.15, 0.2) is 9.84 Å². The van der Waals surface area contributed by atoms with Crippen molar-refractivity contribution in [3.8, 4) is 0 Å². The molecule has 0 aliphatic heterocycles. The van der Waals surface area contributed by atoms with E-state index in [1.165, 1.54) is 12.1 Å². The number of sulfone groups is 1. The second kappa shape index (κ2) is 3.90. The number of benzene rings is 1. The van der Waals surface area contributed by atoms with Crippen molar-refractivity contribution < 1.29 is 13.2 Å². The summed E-state index contributed by atoms with van der Waals surface area (Å²) in [6, 6.07) is 6.37. The van der Waals surface area contributed by atoms with Crippen molar-refractivity contribution in [3.63, 3.8) is 0 Å². The third-order valence-corrected chi connectivity index (χ3v) is 3.55. The molecule has 1 aromatic rings. The van der Waals surface area contributed by atoms with Crippen LogP contribution >= 0.6 is 0 Å². The van der Waals surface area contributed by atoms with E-state index in [0.717, 1.165) is 19.1 Å². The van der Waals surface area contributed by atoms with Crippen LogP contribution in [0.2, 0.25) is 0 Å². The minimum atomic E-state index is -3.25. The molecule has 0 spiro atoms. The van der Waals surface area contributed by atoms with Crippen LogP contribution in [0, 0.1) is 0 Å². The fourth-order valence-electron chi connectivity index (χ4n) is 1.36. The molecule has 16 heavy (non-hydrogen) atoms. The molecule has 1 amide bonds. The molecule has 5 heteroatoms. The molecule has 0 aromatic heterocycles. The maximum Gasteiger partial charge on any atom is 0.251 e. The number of hydrogen-bond acceptors (Lipinski definition) is 3. The Morgan fingerprint density at radius 2 is 2.06 bits per heavy atom. The summed E-state index contributed by atoms with van der Waals surface area (Å²) in [5, 5.41) is 2.82. The zero-order valence-electron chi connectivity index (χ0n) is 8.93. The van der Waals surface area contributed by atoms with Crippen LogP contribution in [-0.4, -0.2) is 26.6 Å². The van der Waals surface area contributed by atoms with Crippen molar-refractivity contribution in [3.05, 3.63) is 29.8 Å². The monoisotopic (exact) mass is 239 g/mol. The second-order valence-corrected chi connectivity index (χ2v) is 6.06. The molecule has 86 valence electrons. The molecular weight excluding hydrogens is 226 g/mol. The first-order valence-electron chi connectivity index (χ1n) is 5.08. The Morgan fingerprint density at radius 3 is 2.62 bits per heavy atom. The maximum atomic E-state index is 11.7. The second-order valence-electron chi connectivity index (χ2n) is 4.05. The normalized spacial score (nSPS) is 15.8. The smallest absolute Gasteiger partial charge is 0.251 e. The highest BCUT2D eigenvalue weighted by Crippen LogP contribution is 2.19. The first-order chi connectivity index (χ1) is 7.47. The molecule has 4 nitrogen and oxygen atoms in total. The number of hydrogen-bond donors (Lipinski definition) is 1.